The van der Waals surface area contributed by atoms with Crippen LogP contribution < -0.4 is 10.9 Å². The molecule has 3 N–H and O–H groups in total. The van der Waals surface area contributed by atoms with E-state index in [0.717, 1.165) is 11.8 Å². The molecule has 21 heavy (non-hydrogen) atoms. The molecule has 1 aromatic heterocycles. The summed E-state index contributed by atoms with van der Waals surface area (Å²) in [7, 11) is 0. The molecule has 0 aliphatic heterocycles. The van der Waals surface area contributed by atoms with E-state index < -0.39 is 5.56 Å². The van der Waals surface area contributed by atoms with Crippen LogP contribution in [0.5, 0.6) is 5.88 Å². The van der Waals surface area contributed by atoms with Gasteiger partial charge in [0, 0.05) is 5.69 Å². The second-order valence-electron chi connectivity index (χ2n) is 4.16. The molecule has 0 fully saturated rings. The highest BCUT2D eigenvalue weighted by molar-refractivity contribution is 7.99. The van der Waals surface area contributed by atoms with Crippen molar-refractivity contribution in [2.24, 2.45) is 0 Å². The van der Waals surface area contributed by atoms with E-state index in [1.165, 1.54) is 31.2 Å². The third-order valence-corrected chi connectivity index (χ3v) is 3.45. The number of thioether (sulfide) groups is 1. The van der Waals surface area contributed by atoms with E-state index in [1.807, 2.05) is 0 Å². The van der Waals surface area contributed by atoms with E-state index in [1.54, 1.807) is 0 Å². The number of amides is 1. The fourth-order valence-electron chi connectivity index (χ4n) is 1.43. The first-order valence-electron chi connectivity index (χ1n) is 5.94. The van der Waals surface area contributed by atoms with Crippen LogP contribution in [0.15, 0.2) is 34.2 Å². The Morgan fingerprint density at radius 3 is 2.71 bits per heavy atom. The molecule has 2 rings (SSSR count). The lowest BCUT2D eigenvalue weighted by atomic mass is 10.3. The van der Waals surface area contributed by atoms with Gasteiger partial charge >= 0.3 is 0 Å². The van der Waals surface area contributed by atoms with Gasteiger partial charge in [-0.05, 0) is 31.2 Å². The average molecular weight is 309 g/mol. The van der Waals surface area contributed by atoms with Crippen LogP contribution in [0.1, 0.15) is 5.56 Å². The Bertz CT molecular complexity index is 716. The number of hydrogen-bond donors (Lipinski definition) is 3. The summed E-state index contributed by atoms with van der Waals surface area (Å²) in [6.45, 7) is 1.44. The minimum atomic E-state index is -0.455. The van der Waals surface area contributed by atoms with Gasteiger partial charge in [0.25, 0.3) is 5.56 Å². The van der Waals surface area contributed by atoms with Crippen molar-refractivity contribution >= 4 is 23.4 Å². The fraction of sp³-hybridized carbons (Fsp3) is 0.154. The number of aromatic amines is 1. The maximum Gasteiger partial charge on any atom is 0.258 e. The molecule has 1 heterocycles. The Balaban J connectivity index is 1.95. The number of nitrogens with zero attached hydrogens (tertiary/aromatic N) is 1. The molecule has 8 heteroatoms. The molecule has 0 saturated carbocycles. The molecule has 0 unspecified atom stereocenters. The van der Waals surface area contributed by atoms with Crippen molar-refractivity contribution in [2.45, 2.75) is 12.1 Å². The van der Waals surface area contributed by atoms with Crippen LogP contribution in [0.3, 0.4) is 0 Å². The molecule has 6 nitrogen and oxygen atoms in total. The van der Waals surface area contributed by atoms with Gasteiger partial charge in [-0.2, -0.15) is 4.98 Å². The van der Waals surface area contributed by atoms with Gasteiger partial charge in [-0.25, -0.2) is 4.39 Å². The minimum Gasteiger partial charge on any atom is -0.493 e. The van der Waals surface area contributed by atoms with Crippen LogP contribution >= 0.6 is 11.8 Å². The standard InChI is InChI=1S/C13H12FN3O3S/c1-7-11(19)16-13(17-12(7)20)21-6-10(18)15-9-4-2-8(14)3-5-9/h2-5H,6H2,1H3,(H,15,18)(H2,16,17,19,20). The maximum atomic E-state index is 12.7. The summed E-state index contributed by atoms with van der Waals surface area (Å²) < 4.78 is 12.7. The number of carbonyl (C=O) groups excluding carboxylic acids is 1. The Hall–Kier alpha value is -2.35. The molecule has 1 aromatic carbocycles. The zero-order valence-electron chi connectivity index (χ0n) is 11.0. The van der Waals surface area contributed by atoms with Crippen LogP contribution in [-0.4, -0.2) is 26.7 Å². The summed E-state index contributed by atoms with van der Waals surface area (Å²) in [4.78, 5) is 29.3. The molecule has 1 amide bonds. The highest BCUT2D eigenvalue weighted by Crippen LogP contribution is 2.16. The zero-order chi connectivity index (χ0) is 15.4. The molecule has 0 spiro atoms. The van der Waals surface area contributed by atoms with E-state index in [4.69, 9.17) is 0 Å². The number of halogens is 1. The van der Waals surface area contributed by atoms with Crippen LogP contribution in [0.2, 0.25) is 0 Å². The summed E-state index contributed by atoms with van der Waals surface area (Å²) >= 11 is 0.975. The number of benzene rings is 1. The van der Waals surface area contributed by atoms with Gasteiger partial charge in [-0.1, -0.05) is 11.8 Å². The molecule has 0 bridgehead atoms. The van der Waals surface area contributed by atoms with E-state index in [-0.39, 0.29) is 34.1 Å². The van der Waals surface area contributed by atoms with Gasteiger partial charge in [0.1, 0.15) is 5.82 Å². The second-order valence-corrected chi connectivity index (χ2v) is 5.13. The minimum absolute atomic E-state index is 0.0111. The van der Waals surface area contributed by atoms with Gasteiger partial charge < -0.3 is 15.4 Å². The molecule has 2 aromatic rings. The van der Waals surface area contributed by atoms with E-state index in [9.17, 15) is 19.1 Å². The highest BCUT2D eigenvalue weighted by Gasteiger charge is 2.09. The predicted molar refractivity (Wildman–Crippen MR) is 77.0 cm³/mol. The summed E-state index contributed by atoms with van der Waals surface area (Å²) in [5.74, 6) is -1.10. The molecule has 0 aliphatic carbocycles. The van der Waals surface area contributed by atoms with E-state index in [2.05, 4.69) is 15.3 Å². The van der Waals surface area contributed by atoms with Gasteiger partial charge in [-0.15, -0.1) is 0 Å². The van der Waals surface area contributed by atoms with Crippen molar-refractivity contribution in [1.29, 1.82) is 0 Å². The van der Waals surface area contributed by atoms with Crippen LogP contribution in [-0.2, 0) is 4.79 Å². The van der Waals surface area contributed by atoms with Gasteiger partial charge in [0.2, 0.25) is 11.8 Å². The smallest absolute Gasteiger partial charge is 0.258 e. The Morgan fingerprint density at radius 2 is 2.10 bits per heavy atom. The first-order chi connectivity index (χ1) is 9.95. The third-order valence-electron chi connectivity index (χ3n) is 2.57. The number of rotatable bonds is 4. The second kappa shape index (κ2) is 6.40. The van der Waals surface area contributed by atoms with Gasteiger partial charge in [0.15, 0.2) is 5.16 Å². The Morgan fingerprint density at radius 1 is 1.43 bits per heavy atom. The topological polar surface area (TPSA) is 95.1 Å². The molecule has 0 saturated heterocycles. The molecule has 0 radical (unpaired) electrons. The summed E-state index contributed by atoms with van der Waals surface area (Å²) in [6.07, 6.45) is 0. The molecular weight excluding hydrogens is 297 g/mol. The van der Waals surface area contributed by atoms with E-state index in [0.29, 0.717) is 5.69 Å². The molecular formula is C13H12FN3O3S. The van der Waals surface area contributed by atoms with Crippen LogP contribution in [0.25, 0.3) is 0 Å². The number of aromatic nitrogens is 2. The van der Waals surface area contributed by atoms with E-state index >= 15 is 0 Å². The predicted octanol–water partition coefficient (Wildman–Crippen LogP) is 1.65. The number of anilines is 1. The Labute approximate surface area is 123 Å². The number of carbonyl (C=O) groups is 1. The number of hydrogen-bond acceptors (Lipinski definition) is 5. The van der Waals surface area contributed by atoms with Crippen molar-refractivity contribution < 1.29 is 14.3 Å². The summed E-state index contributed by atoms with van der Waals surface area (Å²) in [6, 6.07) is 5.35. The van der Waals surface area contributed by atoms with Crippen LogP contribution in [0, 0.1) is 12.7 Å². The van der Waals surface area contributed by atoms with Crippen molar-refractivity contribution in [2.75, 3.05) is 11.1 Å². The van der Waals surface area contributed by atoms with Gasteiger partial charge in [0.05, 0.1) is 11.3 Å². The lowest BCUT2D eigenvalue weighted by molar-refractivity contribution is -0.113. The lowest BCUT2D eigenvalue weighted by Crippen LogP contribution is -2.16. The lowest BCUT2D eigenvalue weighted by Gasteiger charge is -2.05. The summed E-state index contributed by atoms with van der Waals surface area (Å²) in [5, 5.41) is 12.1. The quantitative estimate of drug-likeness (QED) is 0.589. The largest absolute Gasteiger partial charge is 0.493 e. The number of H-pyrrole nitrogens is 1. The van der Waals surface area contributed by atoms with Crippen molar-refractivity contribution in [1.82, 2.24) is 9.97 Å². The molecule has 110 valence electrons. The number of aromatic hydroxyl groups is 1. The zero-order valence-corrected chi connectivity index (χ0v) is 11.8. The normalized spacial score (nSPS) is 10.4. The first kappa shape index (κ1) is 15.0. The first-order valence-corrected chi connectivity index (χ1v) is 6.92. The van der Waals surface area contributed by atoms with Gasteiger partial charge in [-0.3, -0.25) is 9.59 Å². The summed E-state index contributed by atoms with van der Waals surface area (Å²) in [5.41, 5.74) is 0.134. The van der Waals surface area contributed by atoms with Crippen molar-refractivity contribution in [3.05, 3.63) is 46.0 Å². The number of nitrogens with one attached hydrogen (secondary N) is 2. The maximum absolute atomic E-state index is 12.7. The van der Waals surface area contributed by atoms with Crippen molar-refractivity contribution in [3.63, 3.8) is 0 Å². The average Bonchev–Trinajstić information content (AvgIpc) is 2.45. The fourth-order valence-corrected chi connectivity index (χ4v) is 2.09. The molecule has 0 atom stereocenters. The molecule has 0 aliphatic rings. The monoisotopic (exact) mass is 309 g/mol. The Kier molecular flexibility index (Phi) is 4.59. The van der Waals surface area contributed by atoms with Crippen LogP contribution in [0.4, 0.5) is 10.1 Å². The third kappa shape index (κ3) is 4.06. The highest BCUT2D eigenvalue weighted by atomic mass is 32.2. The SMILES string of the molecule is Cc1c(O)nc(SCC(=O)Nc2ccc(F)cc2)[nH]c1=O. The van der Waals surface area contributed by atoms with Crippen molar-refractivity contribution in [3.8, 4) is 5.88 Å².